The van der Waals surface area contributed by atoms with Gasteiger partial charge in [0.05, 0.1) is 0 Å². The monoisotopic (exact) mass is 253 g/mol. The molecule has 0 unspecified atom stereocenters. The Bertz CT molecular complexity index is 352. The molecule has 0 atom stereocenters. The number of halogens is 1. The fourth-order valence-corrected chi connectivity index (χ4v) is 1.93. The highest BCUT2D eigenvalue weighted by Crippen LogP contribution is 2.09. The molecule has 0 aliphatic rings. The molecule has 1 amide bonds. The van der Waals surface area contributed by atoms with Crippen molar-refractivity contribution in [3.8, 4) is 0 Å². The highest BCUT2D eigenvalue weighted by atomic mass is 35.5. The fraction of sp³-hybridized carbons (Fsp3) is 0.500. The molecule has 17 heavy (non-hydrogen) atoms. The Hall–Kier alpha value is -1.02. The molecule has 0 saturated heterocycles. The molecule has 94 valence electrons. The van der Waals surface area contributed by atoms with E-state index in [4.69, 9.17) is 11.6 Å². The van der Waals surface area contributed by atoms with E-state index in [1.165, 1.54) is 11.1 Å². The third-order valence-corrected chi connectivity index (χ3v) is 3.03. The van der Waals surface area contributed by atoms with Gasteiger partial charge in [-0.25, -0.2) is 0 Å². The summed E-state index contributed by atoms with van der Waals surface area (Å²) in [6.07, 6.45) is 3.34. The highest BCUT2D eigenvalue weighted by molar-refractivity contribution is 6.17. The van der Waals surface area contributed by atoms with E-state index < -0.39 is 0 Å². The van der Waals surface area contributed by atoms with Gasteiger partial charge in [-0.2, -0.15) is 0 Å². The van der Waals surface area contributed by atoms with Crippen LogP contribution in [-0.2, 0) is 17.8 Å². The van der Waals surface area contributed by atoms with Crippen molar-refractivity contribution in [3.63, 3.8) is 0 Å². The number of hydrogen-bond donors (Lipinski definition) is 1. The summed E-state index contributed by atoms with van der Waals surface area (Å²) >= 11 is 5.57. The first-order valence-electron chi connectivity index (χ1n) is 6.17. The summed E-state index contributed by atoms with van der Waals surface area (Å²) in [4.78, 5) is 11.5. The second-order valence-electron chi connectivity index (χ2n) is 4.05. The van der Waals surface area contributed by atoms with Gasteiger partial charge in [-0.3, -0.25) is 4.79 Å². The van der Waals surface area contributed by atoms with E-state index in [-0.39, 0.29) is 5.91 Å². The van der Waals surface area contributed by atoms with E-state index in [9.17, 15) is 4.79 Å². The van der Waals surface area contributed by atoms with Gasteiger partial charge in [0.2, 0.25) is 5.91 Å². The molecule has 0 fully saturated rings. The molecular weight excluding hydrogens is 234 g/mol. The Labute approximate surface area is 108 Å². The van der Waals surface area contributed by atoms with Crippen LogP contribution in [0.25, 0.3) is 0 Å². The van der Waals surface area contributed by atoms with Crippen molar-refractivity contribution in [3.05, 3.63) is 35.4 Å². The number of rotatable bonds is 7. The van der Waals surface area contributed by atoms with E-state index in [1.807, 2.05) is 12.1 Å². The first-order chi connectivity index (χ1) is 8.27. The second kappa shape index (κ2) is 8.13. The van der Waals surface area contributed by atoms with Crippen molar-refractivity contribution in [2.24, 2.45) is 0 Å². The molecular formula is C14H20ClNO. The largest absolute Gasteiger partial charge is 0.352 e. The number of benzene rings is 1. The normalized spacial score (nSPS) is 10.2. The van der Waals surface area contributed by atoms with Gasteiger partial charge in [0.25, 0.3) is 0 Å². The summed E-state index contributed by atoms with van der Waals surface area (Å²) in [6, 6.07) is 8.21. The fourth-order valence-electron chi connectivity index (χ4n) is 1.74. The van der Waals surface area contributed by atoms with Gasteiger partial charge in [-0.05, 0) is 30.4 Å². The van der Waals surface area contributed by atoms with E-state index in [1.54, 1.807) is 0 Å². The number of carbonyl (C=O) groups is 1. The third kappa shape index (κ3) is 5.22. The predicted molar refractivity (Wildman–Crippen MR) is 72.2 cm³/mol. The number of amides is 1. The van der Waals surface area contributed by atoms with Crippen LogP contribution >= 0.6 is 11.6 Å². The second-order valence-corrected chi connectivity index (χ2v) is 4.42. The van der Waals surface area contributed by atoms with Gasteiger partial charge < -0.3 is 5.32 Å². The van der Waals surface area contributed by atoms with Gasteiger partial charge >= 0.3 is 0 Å². The van der Waals surface area contributed by atoms with Gasteiger partial charge in [0.15, 0.2) is 0 Å². The highest BCUT2D eigenvalue weighted by Gasteiger charge is 2.03. The average Bonchev–Trinajstić information content (AvgIpc) is 2.37. The topological polar surface area (TPSA) is 29.1 Å². The number of aryl methyl sites for hydroxylation is 1. The lowest BCUT2D eigenvalue weighted by Crippen LogP contribution is -2.22. The van der Waals surface area contributed by atoms with Crippen LogP contribution in [0.15, 0.2) is 24.3 Å². The quantitative estimate of drug-likeness (QED) is 0.587. The number of hydrogen-bond acceptors (Lipinski definition) is 1. The molecule has 0 aliphatic heterocycles. The number of unbranched alkanes of at least 4 members (excludes halogenated alkanes) is 1. The third-order valence-electron chi connectivity index (χ3n) is 2.76. The zero-order chi connectivity index (χ0) is 12.5. The molecule has 1 aromatic rings. The summed E-state index contributed by atoms with van der Waals surface area (Å²) in [5.41, 5.74) is 2.51. The summed E-state index contributed by atoms with van der Waals surface area (Å²) in [5, 5.41) is 2.95. The maximum Gasteiger partial charge on any atom is 0.220 e. The van der Waals surface area contributed by atoms with Crippen LogP contribution in [0.1, 0.15) is 37.3 Å². The lowest BCUT2D eigenvalue weighted by molar-refractivity contribution is -0.121. The smallest absolute Gasteiger partial charge is 0.220 e. The molecule has 3 heteroatoms. The summed E-state index contributed by atoms with van der Waals surface area (Å²) in [6.45, 7) is 2.75. The Balaban J connectivity index is 2.36. The lowest BCUT2D eigenvalue weighted by Gasteiger charge is -2.09. The van der Waals surface area contributed by atoms with Gasteiger partial charge in [-0.1, -0.05) is 31.2 Å². The van der Waals surface area contributed by atoms with E-state index >= 15 is 0 Å². The number of nitrogens with one attached hydrogen (secondary N) is 1. The van der Waals surface area contributed by atoms with Crippen LogP contribution in [0.3, 0.4) is 0 Å². The van der Waals surface area contributed by atoms with E-state index in [2.05, 4.69) is 24.4 Å². The van der Waals surface area contributed by atoms with E-state index in [0.29, 0.717) is 18.8 Å². The van der Waals surface area contributed by atoms with Crippen LogP contribution < -0.4 is 5.32 Å². The van der Waals surface area contributed by atoms with Crippen molar-refractivity contribution < 1.29 is 4.79 Å². The molecule has 0 bridgehead atoms. The average molecular weight is 254 g/mol. The van der Waals surface area contributed by atoms with Crippen LogP contribution in [0.5, 0.6) is 0 Å². The Morgan fingerprint density at radius 1 is 1.24 bits per heavy atom. The van der Waals surface area contributed by atoms with Gasteiger partial charge in [0.1, 0.15) is 0 Å². The maximum atomic E-state index is 11.5. The lowest BCUT2D eigenvalue weighted by atomic mass is 10.1. The van der Waals surface area contributed by atoms with Crippen molar-refractivity contribution in [1.82, 2.24) is 5.32 Å². The first kappa shape index (κ1) is 14.0. The SMILES string of the molecule is CCc1ccccc1CNC(=O)CCCCCl. The van der Waals surface area contributed by atoms with Crippen molar-refractivity contribution >= 4 is 17.5 Å². The molecule has 0 aromatic heterocycles. The van der Waals surface area contributed by atoms with Crippen molar-refractivity contribution in [2.45, 2.75) is 39.2 Å². The van der Waals surface area contributed by atoms with Crippen molar-refractivity contribution in [1.29, 1.82) is 0 Å². The number of carbonyl (C=O) groups excluding carboxylic acids is 1. The molecule has 0 saturated carbocycles. The zero-order valence-corrected chi connectivity index (χ0v) is 11.1. The first-order valence-corrected chi connectivity index (χ1v) is 6.70. The minimum Gasteiger partial charge on any atom is -0.352 e. The van der Waals surface area contributed by atoms with Crippen LogP contribution in [-0.4, -0.2) is 11.8 Å². The molecule has 0 aliphatic carbocycles. The Morgan fingerprint density at radius 3 is 2.59 bits per heavy atom. The van der Waals surface area contributed by atoms with Gasteiger partial charge in [0, 0.05) is 18.8 Å². The summed E-state index contributed by atoms with van der Waals surface area (Å²) in [7, 11) is 0. The van der Waals surface area contributed by atoms with E-state index in [0.717, 1.165) is 19.3 Å². The zero-order valence-electron chi connectivity index (χ0n) is 10.3. The van der Waals surface area contributed by atoms with Crippen molar-refractivity contribution in [2.75, 3.05) is 5.88 Å². The maximum absolute atomic E-state index is 11.5. The molecule has 0 heterocycles. The number of alkyl halides is 1. The molecule has 1 N–H and O–H groups in total. The molecule has 1 rings (SSSR count). The predicted octanol–water partition coefficient (Wildman–Crippen LogP) is 3.27. The van der Waals surface area contributed by atoms with Crippen LogP contribution in [0, 0.1) is 0 Å². The standard InChI is InChI=1S/C14H20ClNO/c1-2-12-7-3-4-8-13(12)11-16-14(17)9-5-6-10-15/h3-4,7-8H,2,5-6,9-11H2,1H3,(H,16,17). The summed E-state index contributed by atoms with van der Waals surface area (Å²) in [5.74, 6) is 0.743. The Kier molecular flexibility index (Phi) is 6.71. The minimum absolute atomic E-state index is 0.112. The summed E-state index contributed by atoms with van der Waals surface area (Å²) < 4.78 is 0. The Morgan fingerprint density at radius 2 is 1.94 bits per heavy atom. The molecule has 0 spiro atoms. The molecule has 2 nitrogen and oxygen atoms in total. The van der Waals surface area contributed by atoms with Crippen LogP contribution in [0.2, 0.25) is 0 Å². The minimum atomic E-state index is 0.112. The molecule has 0 radical (unpaired) electrons. The van der Waals surface area contributed by atoms with Crippen LogP contribution in [0.4, 0.5) is 0 Å². The van der Waals surface area contributed by atoms with Gasteiger partial charge in [-0.15, -0.1) is 11.6 Å². The molecule has 1 aromatic carbocycles.